The van der Waals surface area contributed by atoms with Crippen LogP contribution in [-0.4, -0.2) is 35.7 Å². The Morgan fingerprint density at radius 1 is 1.45 bits per heavy atom. The minimum atomic E-state index is -0.899. The van der Waals surface area contributed by atoms with Crippen molar-refractivity contribution in [3.8, 4) is 0 Å². The number of primary amides is 1. The second-order valence-electron chi connectivity index (χ2n) is 4.85. The highest BCUT2D eigenvalue weighted by atomic mass is 16.5. The highest BCUT2D eigenvalue weighted by Gasteiger charge is 2.27. The molecule has 1 heterocycles. The van der Waals surface area contributed by atoms with Crippen molar-refractivity contribution in [3.63, 3.8) is 0 Å². The molecule has 2 atom stereocenters. The molecule has 0 aliphatic rings. The van der Waals surface area contributed by atoms with Crippen molar-refractivity contribution < 1.29 is 23.6 Å². The average Bonchev–Trinajstić information content (AvgIpc) is 2.86. The summed E-state index contributed by atoms with van der Waals surface area (Å²) in [4.78, 5) is 34.5. The predicted octanol–water partition coefficient (Wildman–Crippen LogP) is 0.548. The van der Waals surface area contributed by atoms with Crippen molar-refractivity contribution in [2.45, 2.75) is 33.2 Å². The number of rotatable bonds is 7. The van der Waals surface area contributed by atoms with Gasteiger partial charge in [-0.25, -0.2) is 9.59 Å². The van der Waals surface area contributed by atoms with E-state index in [0.29, 0.717) is 12.2 Å². The monoisotopic (exact) mass is 312 g/mol. The molecule has 3 amide bonds. The van der Waals surface area contributed by atoms with Crippen LogP contribution < -0.4 is 16.4 Å². The molecule has 1 aromatic rings. The number of hydrogen-bond donors (Lipinski definition) is 3. The number of esters is 1. The lowest BCUT2D eigenvalue weighted by atomic mass is 9.99. The van der Waals surface area contributed by atoms with E-state index in [9.17, 15) is 14.4 Å². The van der Waals surface area contributed by atoms with E-state index in [-0.39, 0.29) is 11.7 Å². The molecule has 0 aliphatic carbocycles. The van der Waals surface area contributed by atoms with Gasteiger partial charge < -0.3 is 25.6 Å². The molecule has 0 saturated carbocycles. The third-order valence-corrected chi connectivity index (χ3v) is 3.01. The highest BCUT2D eigenvalue weighted by molar-refractivity contribution is 5.92. The van der Waals surface area contributed by atoms with Gasteiger partial charge in [-0.3, -0.25) is 4.79 Å². The van der Waals surface area contributed by atoms with E-state index >= 15 is 0 Å². The summed E-state index contributed by atoms with van der Waals surface area (Å²) in [5, 5.41) is 8.30. The highest BCUT2D eigenvalue weighted by Crippen LogP contribution is 2.10. The number of ether oxygens (including phenoxy) is 1. The number of carbonyl (C=O) groups is 3. The normalized spacial score (nSPS) is 13.0. The number of aromatic nitrogens is 1. The maximum atomic E-state index is 11.9. The van der Waals surface area contributed by atoms with Gasteiger partial charge in [0, 0.05) is 6.07 Å². The molecule has 0 saturated heterocycles. The minimum Gasteiger partial charge on any atom is -0.454 e. The molecular formula is C13H20N4O5. The molecule has 0 bridgehead atoms. The molecule has 2 unspecified atom stereocenters. The standard InChI is InChI=1S/C13H20N4O5/c1-4-7(2)11(16-13(14)20)12(19)21-6-10(18)15-9-5-8(3)22-17-9/h5,7,11H,4,6H2,1-3H3,(H3,14,16,20)(H,15,17,18). The smallest absolute Gasteiger partial charge is 0.329 e. The van der Waals surface area contributed by atoms with E-state index in [2.05, 4.69) is 15.8 Å². The molecule has 0 aromatic carbocycles. The first-order valence-electron chi connectivity index (χ1n) is 6.79. The van der Waals surface area contributed by atoms with E-state index in [1.165, 1.54) is 6.07 Å². The zero-order valence-corrected chi connectivity index (χ0v) is 12.7. The first-order valence-corrected chi connectivity index (χ1v) is 6.79. The average molecular weight is 312 g/mol. The van der Waals surface area contributed by atoms with E-state index < -0.39 is 30.6 Å². The Kier molecular flexibility index (Phi) is 6.36. The van der Waals surface area contributed by atoms with E-state index in [4.69, 9.17) is 15.0 Å². The molecule has 9 heteroatoms. The van der Waals surface area contributed by atoms with Gasteiger partial charge >= 0.3 is 12.0 Å². The molecule has 0 aliphatic heterocycles. The van der Waals surface area contributed by atoms with Crippen LogP contribution in [-0.2, 0) is 14.3 Å². The van der Waals surface area contributed by atoms with E-state index in [1.54, 1.807) is 13.8 Å². The van der Waals surface area contributed by atoms with Crippen molar-refractivity contribution in [2.75, 3.05) is 11.9 Å². The molecule has 1 rings (SSSR count). The van der Waals surface area contributed by atoms with Crippen LogP contribution in [0, 0.1) is 12.8 Å². The van der Waals surface area contributed by atoms with E-state index in [0.717, 1.165) is 0 Å². The SMILES string of the molecule is CCC(C)C(NC(N)=O)C(=O)OCC(=O)Nc1cc(C)on1. The fourth-order valence-corrected chi connectivity index (χ4v) is 1.65. The topological polar surface area (TPSA) is 137 Å². The summed E-state index contributed by atoms with van der Waals surface area (Å²) < 4.78 is 9.67. The lowest BCUT2D eigenvalue weighted by Crippen LogP contribution is -2.48. The van der Waals surface area contributed by atoms with Gasteiger partial charge in [-0.1, -0.05) is 25.4 Å². The summed E-state index contributed by atoms with van der Waals surface area (Å²) in [5.41, 5.74) is 5.03. The molecule has 4 N–H and O–H groups in total. The Labute approximate surface area is 127 Å². The van der Waals surface area contributed by atoms with Crippen LogP contribution in [0.25, 0.3) is 0 Å². The fourth-order valence-electron chi connectivity index (χ4n) is 1.65. The number of nitrogens with one attached hydrogen (secondary N) is 2. The first kappa shape index (κ1) is 17.5. The van der Waals surface area contributed by atoms with Crippen molar-refractivity contribution in [1.29, 1.82) is 0 Å². The van der Waals surface area contributed by atoms with Crippen molar-refractivity contribution in [3.05, 3.63) is 11.8 Å². The van der Waals surface area contributed by atoms with E-state index in [1.807, 2.05) is 6.92 Å². The Morgan fingerprint density at radius 3 is 2.64 bits per heavy atom. The largest absolute Gasteiger partial charge is 0.454 e. The predicted molar refractivity (Wildman–Crippen MR) is 76.8 cm³/mol. The Bertz CT molecular complexity index is 542. The molecule has 22 heavy (non-hydrogen) atoms. The number of anilines is 1. The van der Waals surface area contributed by atoms with Crippen molar-refractivity contribution in [1.82, 2.24) is 10.5 Å². The second-order valence-corrected chi connectivity index (χ2v) is 4.85. The van der Waals surface area contributed by atoms with Crippen LogP contribution in [0.5, 0.6) is 0 Å². The van der Waals surface area contributed by atoms with Gasteiger partial charge in [0.2, 0.25) is 0 Å². The minimum absolute atomic E-state index is 0.179. The summed E-state index contributed by atoms with van der Waals surface area (Å²) in [6, 6.07) is -0.203. The molecular weight excluding hydrogens is 292 g/mol. The zero-order chi connectivity index (χ0) is 16.7. The molecule has 9 nitrogen and oxygen atoms in total. The van der Waals surface area contributed by atoms with Crippen LogP contribution in [0.2, 0.25) is 0 Å². The number of aryl methyl sites for hydroxylation is 1. The van der Waals surface area contributed by atoms with Crippen LogP contribution in [0.15, 0.2) is 10.6 Å². The maximum Gasteiger partial charge on any atom is 0.329 e. The number of urea groups is 1. The quantitative estimate of drug-likeness (QED) is 0.629. The maximum absolute atomic E-state index is 11.9. The Balaban J connectivity index is 2.51. The van der Waals surface area contributed by atoms with Crippen LogP contribution in [0.3, 0.4) is 0 Å². The van der Waals surface area contributed by atoms with Gasteiger partial charge in [-0.15, -0.1) is 0 Å². The van der Waals surface area contributed by atoms with Gasteiger partial charge in [0.1, 0.15) is 11.8 Å². The lowest BCUT2D eigenvalue weighted by molar-refractivity contribution is -0.150. The van der Waals surface area contributed by atoms with Gasteiger partial charge in [-0.05, 0) is 12.8 Å². The Hall–Kier alpha value is -2.58. The molecule has 0 fully saturated rings. The molecule has 122 valence electrons. The zero-order valence-electron chi connectivity index (χ0n) is 12.7. The van der Waals surface area contributed by atoms with Crippen LogP contribution >= 0.6 is 0 Å². The van der Waals surface area contributed by atoms with Gasteiger partial charge in [0.25, 0.3) is 5.91 Å². The third kappa shape index (κ3) is 5.43. The summed E-state index contributed by atoms with van der Waals surface area (Å²) >= 11 is 0. The summed E-state index contributed by atoms with van der Waals surface area (Å²) in [6.45, 7) is 4.79. The van der Waals surface area contributed by atoms with Crippen LogP contribution in [0.4, 0.5) is 10.6 Å². The first-order chi connectivity index (χ1) is 10.3. The number of nitrogens with zero attached hydrogens (tertiary/aromatic N) is 1. The lowest BCUT2D eigenvalue weighted by Gasteiger charge is -2.21. The number of amides is 3. The molecule has 1 aromatic heterocycles. The molecule has 0 spiro atoms. The summed E-state index contributed by atoms with van der Waals surface area (Å²) in [7, 11) is 0. The van der Waals surface area contributed by atoms with Gasteiger partial charge in [0.15, 0.2) is 12.4 Å². The Morgan fingerprint density at radius 2 is 2.14 bits per heavy atom. The summed E-state index contributed by atoms with van der Waals surface area (Å²) in [5.74, 6) is -0.702. The number of hydrogen-bond acceptors (Lipinski definition) is 6. The van der Waals surface area contributed by atoms with Crippen molar-refractivity contribution in [2.24, 2.45) is 11.7 Å². The fraction of sp³-hybridized carbons (Fsp3) is 0.538. The van der Waals surface area contributed by atoms with Crippen LogP contribution in [0.1, 0.15) is 26.0 Å². The van der Waals surface area contributed by atoms with Gasteiger partial charge in [0.05, 0.1) is 0 Å². The molecule has 0 radical (unpaired) electrons. The number of carbonyl (C=O) groups excluding carboxylic acids is 3. The number of nitrogens with two attached hydrogens (primary N) is 1. The van der Waals surface area contributed by atoms with Crippen molar-refractivity contribution >= 4 is 23.7 Å². The van der Waals surface area contributed by atoms with Gasteiger partial charge in [-0.2, -0.15) is 0 Å². The third-order valence-electron chi connectivity index (χ3n) is 3.01. The summed E-state index contributed by atoms with van der Waals surface area (Å²) in [6.07, 6.45) is 0.629. The second kappa shape index (κ2) is 8.01.